The van der Waals surface area contributed by atoms with Gasteiger partial charge in [-0.1, -0.05) is 0 Å². The van der Waals surface area contributed by atoms with Gasteiger partial charge in [0.1, 0.15) is 0 Å². The maximum absolute atomic E-state index is 8.25. The van der Waals surface area contributed by atoms with Crippen LogP contribution in [0.25, 0.3) is 0 Å². The zero-order valence-electron chi connectivity index (χ0n) is 16.4. The van der Waals surface area contributed by atoms with Crippen LogP contribution in [0.3, 0.4) is 0 Å². The van der Waals surface area contributed by atoms with Gasteiger partial charge < -0.3 is 51.1 Å². The molecule has 0 radical (unpaired) electrons. The Hall–Kier alpha value is -1.27. The summed E-state index contributed by atoms with van der Waals surface area (Å²) in [6.45, 7) is 11.4. The molecular weight excluding hydrogens is 407 g/mol. The molecule has 1 fully saturated rings. The smallest absolute Gasteiger partial charge is 0.356 e. The second-order valence-corrected chi connectivity index (χ2v) is 6.34. The van der Waals surface area contributed by atoms with Crippen molar-refractivity contribution in [1.29, 1.82) is 0 Å². The number of nitrogens with zero attached hydrogens (tertiary/aromatic N) is 4. The Labute approximate surface area is 170 Å². The molecule has 0 bridgehead atoms. The number of nitrogens with one attached hydrogen (secondary N) is 2. The third kappa shape index (κ3) is 29.7. The molecular formula is C14H32N6NiO6. The zero-order valence-corrected chi connectivity index (χ0v) is 17.4. The van der Waals surface area contributed by atoms with E-state index >= 15 is 0 Å². The van der Waals surface area contributed by atoms with E-state index in [1.165, 1.54) is 25.9 Å². The minimum absolute atomic E-state index is 0. The van der Waals surface area contributed by atoms with E-state index in [0.29, 0.717) is 12.1 Å². The molecule has 1 rings (SSSR count). The molecule has 2 atom stereocenters. The molecule has 0 aromatic carbocycles. The van der Waals surface area contributed by atoms with E-state index in [2.05, 4.69) is 48.4 Å². The normalized spacial score (nSPS) is 23.1. The van der Waals surface area contributed by atoms with Crippen molar-refractivity contribution in [3.8, 4) is 0 Å². The van der Waals surface area contributed by atoms with Gasteiger partial charge in [0, 0.05) is 38.3 Å². The van der Waals surface area contributed by atoms with Gasteiger partial charge in [-0.15, -0.1) is 0 Å². The standard InChI is InChI=1S/C14H32N4.2NO3.Ni/c1-13-5-9-17(3)12-8-16-14(2)6-10-18(4)11-7-15-13;2*2-1(3)4;/h13-16H,5-12H2,1-4H3;;;/q;2*-1;+2/t13-,14-;;;/m1.../s1. The average molecular weight is 439 g/mol. The Morgan fingerprint density at radius 1 is 0.741 bits per heavy atom. The van der Waals surface area contributed by atoms with Crippen LogP contribution in [0.5, 0.6) is 0 Å². The Morgan fingerprint density at radius 3 is 1.26 bits per heavy atom. The van der Waals surface area contributed by atoms with Gasteiger partial charge in [-0.2, -0.15) is 0 Å². The van der Waals surface area contributed by atoms with Crippen molar-refractivity contribution >= 4 is 0 Å². The number of hydrogen-bond donors (Lipinski definition) is 2. The van der Waals surface area contributed by atoms with Crippen LogP contribution in [0.15, 0.2) is 0 Å². The molecule has 0 aromatic heterocycles. The van der Waals surface area contributed by atoms with Crippen molar-refractivity contribution < 1.29 is 26.7 Å². The molecule has 0 aliphatic carbocycles. The molecule has 1 saturated heterocycles. The predicted molar refractivity (Wildman–Crippen MR) is 99.9 cm³/mol. The fraction of sp³-hybridized carbons (Fsp3) is 1.00. The van der Waals surface area contributed by atoms with E-state index in [1.54, 1.807) is 0 Å². The quantitative estimate of drug-likeness (QED) is 0.301. The van der Waals surface area contributed by atoms with Crippen LogP contribution in [0.2, 0.25) is 0 Å². The van der Waals surface area contributed by atoms with Gasteiger partial charge >= 0.3 is 16.5 Å². The maximum atomic E-state index is 8.25. The molecule has 0 amide bonds. The van der Waals surface area contributed by atoms with Crippen molar-refractivity contribution in [3.05, 3.63) is 30.6 Å². The number of likely N-dealkylation sites (N-methyl/N-ethyl adjacent to an activating group) is 2. The fourth-order valence-electron chi connectivity index (χ4n) is 2.26. The van der Waals surface area contributed by atoms with Crippen LogP contribution in [0, 0.1) is 30.6 Å². The molecule has 27 heavy (non-hydrogen) atoms. The number of rotatable bonds is 0. The zero-order chi connectivity index (χ0) is 20.5. The van der Waals surface area contributed by atoms with E-state index in [-0.39, 0.29) is 16.5 Å². The second-order valence-electron chi connectivity index (χ2n) is 6.34. The monoisotopic (exact) mass is 438 g/mol. The van der Waals surface area contributed by atoms with E-state index in [1.807, 2.05) is 0 Å². The number of hydrogen-bond acceptors (Lipinski definition) is 10. The van der Waals surface area contributed by atoms with Crippen molar-refractivity contribution in [2.75, 3.05) is 53.4 Å². The molecule has 0 aromatic rings. The van der Waals surface area contributed by atoms with Crippen molar-refractivity contribution in [2.24, 2.45) is 0 Å². The summed E-state index contributed by atoms with van der Waals surface area (Å²) in [4.78, 5) is 21.4. The van der Waals surface area contributed by atoms with Gasteiger partial charge in [0.2, 0.25) is 0 Å². The van der Waals surface area contributed by atoms with Gasteiger partial charge in [-0.25, -0.2) is 0 Å². The third-order valence-corrected chi connectivity index (χ3v) is 3.86. The van der Waals surface area contributed by atoms with Crippen LogP contribution in [0.1, 0.15) is 26.7 Å². The minimum Gasteiger partial charge on any atom is -0.356 e. The van der Waals surface area contributed by atoms with Crippen LogP contribution in [0.4, 0.5) is 0 Å². The van der Waals surface area contributed by atoms with E-state index in [9.17, 15) is 0 Å². The summed E-state index contributed by atoms with van der Waals surface area (Å²) in [5.41, 5.74) is 0. The summed E-state index contributed by atoms with van der Waals surface area (Å²) < 4.78 is 0. The summed E-state index contributed by atoms with van der Waals surface area (Å²) in [7, 11) is 4.44. The van der Waals surface area contributed by atoms with Gasteiger partial charge in [-0.3, -0.25) is 0 Å². The first-order chi connectivity index (χ1) is 12.0. The first-order valence-corrected chi connectivity index (χ1v) is 8.51. The van der Waals surface area contributed by atoms with Crippen LogP contribution in [-0.4, -0.2) is 85.4 Å². The van der Waals surface area contributed by atoms with Crippen LogP contribution in [-0.2, 0) is 16.5 Å². The average Bonchev–Trinajstić information content (AvgIpc) is 2.49. The minimum atomic E-state index is -1.75. The second kappa shape index (κ2) is 19.5. The van der Waals surface area contributed by atoms with Crippen molar-refractivity contribution in [3.63, 3.8) is 0 Å². The first-order valence-electron chi connectivity index (χ1n) is 8.51. The topological polar surface area (TPSA) is 163 Å². The maximum Gasteiger partial charge on any atom is 2.00 e. The molecule has 2 N–H and O–H groups in total. The Bertz CT molecular complexity index is 320. The van der Waals surface area contributed by atoms with E-state index in [0.717, 1.165) is 26.2 Å². The summed E-state index contributed by atoms with van der Waals surface area (Å²) in [5.74, 6) is 0. The SMILES string of the molecule is C[C@@H]1CCN(C)CCN[C@H](C)CCN(C)CCN1.O=[N+]([O-])[O-].O=[N+]([O-])[O-].[Ni+2]. The van der Waals surface area contributed by atoms with E-state index < -0.39 is 10.2 Å². The predicted octanol–water partition coefficient (Wildman–Crippen LogP) is 0.119. The molecule has 0 saturated carbocycles. The molecule has 12 nitrogen and oxygen atoms in total. The van der Waals surface area contributed by atoms with Crippen LogP contribution < -0.4 is 10.6 Å². The molecule has 0 unspecified atom stereocenters. The van der Waals surface area contributed by atoms with Crippen LogP contribution >= 0.6 is 0 Å². The van der Waals surface area contributed by atoms with Gasteiger partial charge in [0.05, 0.1) is 10.2 Å². The summed E-state index contributed by atoms with van der Waals surface area (Å²) >= 11 is 0. The Morgan fingerprint density at radius 2 is 1.00 bits per heavy atom. The Kier molecular flexibility index (Phi) is 22.0. The summed E-state index contributed by atoms with van der Waals surface area (Å²) in [6, 6.07) is 1.24. The third-order valence-electron chi connectivity index (χ3n) is 3.86. The van der Waals surface area contributed by atoms with Gasteiger partial charge in [0.25, 0.3) is 0 Å². The summed E-state index contributed by atoms with van der Waals surface area (Å²) in [6.07, 6.45) is 2.46. The molecule has 1 heterocycles. The summed E-state index contributed by atoms with van der Waals surface area (Å²) in [5, 5.41) is 36.7. The molecule has 0 spiro atoms. The molecule has 164 valence electrons. The van der Waals surface area contributed by atoms with Crippen molar-refractivity contribution in [2.45, 2.75) is 38.8 Å². The molecule has 1 aliphatic heterocycles. The van der Waals surface area contributed by atoms with E-state index in [4.69, 9.17) is 30.6 Å². The van der Waals surface area contributed by atoms with Crippen molar-refractivity contribution in [1.82, 2.24) is 20.4 Å². The van der Waals surface area contributed by atoms with Gasteiger partial charge in [-0.05, 0) is 53.9 Å². The first kappa shape index (κ1) is 30.5. The molecule has 13 heteroatoms. The Balaban J connectivity index is -0.000000543. The molecule has 1 aliphatic rings. The fourth-order valence-corrected chi connectivity index (χ4v) is 2.26. The van der Waals surface area contributed by atoms with Gasteiger partial charge in [0.15, 0.2) is 0 Å². The largest absolute Gasteiger partial charge is 2.00 e.